The van der Waals surface area contributed by atoms with Gasteiger partial charge in [0.2, 0.25) is 29.4 Å². The molecule has 2 aromatic carbocycles. The van der Waals surface area contributed by atoms with Crippen molar-refractivity contribution in [1.82, 2.24) is 31.1 Å². The van der Waals surface area contributed by atoms with Gasteiger partial charge in [-0.2, -0.15) is 0 Å². The van der Waals surface area contributed by atoms with Crippen molar-refractivity contribution >= 4 is 35.3 Å². The number of nitrogens with one attached hydrogen (secondary N) is 4. The monoisotopic (exact) mass is 720 g/mol. The number of hydrogen-bond donors (Lipinski definition) is 4. The first kappa shape index (κ1) is 43.6. The number of ketones is 1. The first-order valence-corrected chi connectivity index (χ1v) is 18.4. The average molecular weight is 721 g/mol. The third kappa shape index (κ3) is 13.5. The molecular weight excluding hydrogens is 660 g/mol. The van der Waals surface area contributed by atoms with Crippen molar-refractivity contribution < 1.29 is 28.8 Å². The van der Waals surface area contributed by atoms with Crippen molar-refractivity contribution in [3.8, 4) is 0 Å². The molecular formula is C40H60N6O6. The number of likely N-dealkylation sites (N-methyl/N-ethyl adjacent to an activating group) is 1. The number of benzene rings is 2. The van der Waals surface area contributed by atoms with Crippen molar-refractivity contribution in [1.29, 1.82) is 0 Å². The predicted molar refractivity (Wildman–Crippen MR) is 203 cm³/mol. The molecule has 2 aromatic rings. The molecule has 4 atom stereocenters. The second-order valence-electron chi connectivity index (χ2n) is 14.4. The van der Waals surface area contributed by atoms with Crippen LogP contribution in [0.5, 0.6) is 0 Å². The Hall–Kier alpha value is -4.58. The SMILES string of the molecule is CCC.CCCC(NC(=O)[C@@H]1CCCN1C(=O)C(NCCc1ccccc1)C(C)(C)C)C(=O)C(=O)NCC(=O)N[C@H](C(=O)N(C)C)c1ccccc1. The number of likely N-dealkylation sites (tertiary alicyclic amines) is 1. The molecule has 12 nitrogen and oxygen atoms in total. The quantitative estimate of drug-likeness (QED) is 0.193. The lowest BCUT2D eigenvalue weighted by molar-refractivity contribution is -0.144. The maximum atomic E-state index is 13.9. The van der Waals surface area contributed by atoms with Crippen molar-refractivity contribution in [3.05, 3.63) is 71.8 Å². The molecule has 1 aliphatic heterocycles. The Bertz CT molecular complexity index is 1460. The molecule has 1 heterocycles. The van der Waals surface area contributed by atoms with E-state index in [1.165, 1.54) is 11.3 Å². The van der Waals surface area contributed by atoms with Crippen molar-refractivity contribution in [2.24, 2.45) is 5.41 Å². The molecule has 0 bridgehead atoms. The predicted octanol–water partition coefficient (Wildman–Crippen LogP) is 3.56. The zero-order chi connectivity index (χ0) is 38.8. The number of rotatable bonds is 16. The lowest BCUT2D eigenvalue weighted by Crippen LogP contribution is -2.58. The summed E-state index contributed by atoms with van der Waals surface area (Å²) in [6.07, 6.45) is 3.76. The summed E-state index contributed by atoms with van der Waals surface area (Å²) in [5.41, 5.74) is 1.29. The molecule has 1 aliphatic rings. The standard InChI is InChI=1S/C37H52N6O6.C3H8/c1-7-15-27(31(45)34(47)39-24-29(44)41-30(35(48)42(5)6)26-18-12-9-13-19-26)40-33(46)28-20-14-23-43(28)36(49)32(37(2,3)4)38-22-21-25-16-10-8-11-17-25;1-3-2/h8-13,16-19,27-28,30,32,38H,7,14-15,20-24H2,1-6H3,(H,39,47)(H,40,46)(H,41,44);3H2,1-2H3/t27?,28-,30-,32?;/m0./s1. The van der Waals surface area contributed by atoms with E-state index in [0.717, 1.165) is 12.0 Å². The van der Waals surface area contributed by atoms with Crippen LogP contribution in [0.15, 0.2) is 60.7 Å². The van der Waals surface area contributed by atoms with Crippen LogP contribution in [0.25, 0.3) is 0 Å². The number of carbonyl (C=O) groups is 6. The van der Waals surface area contributed by atoms with Gasteiger partial charge >= 0.3 is 0 Å². The molecule has 0 radical (unpaired) electrons. The fourth-order valence-electron chi connectivity index (χ4n) is 5.87. The second-order valence-corrected chi connectivity index (χ2v) is 14.4. The topological polar surface area (TPSA) is 157 Å². The van der Waals surface area contributed by atoms with Crippen LogP contribution in [0, 0.1) is 5.41 Å². The lowest BCUT2D eigenvalue weighted by Gasteiger charge is -2.36. The van der Waals surface area contributed by atoms with Gasteiger partial charge in [0.15, 0.2) is 0 Å². The average Bonchev–Trinajstić information content (AvgIpc) is 3.61. The van der Waals surface area contributed by atoms with Crippen LogP contribution in [0.2, 0.25) is 0 Å². The summed E-state index contributed by atoms with van der Waals surface area (Å²) in [5.74, 6) is -3.61. The highest BCUT2D eigenvalue weighted by Gasteiger charge is 2.42. The van der Waals surface area contributed by atoms with E-state index in [9.17, 15) is 28.8 Å². The third-order valence-corrected chi connectivity index (χ3v) is 8.53. The van der Waals surface area contributed by atoms with Gasteiger partial charge in [-0.1, -0.05) is 115 Å². The van der Waals surface area contributed by atoms with E-state index in [2.05, 4.69) is 35.1 Å². The van der Waals surface area contributed by atoms with Crippen LogP contribution in [0.3, 0.4) is 0 Å². The van der Waals surface area contributed by atoms with E-state index < -0.39 is 59.6 Å². The molecule has 0 spiro atoms. The number of carbonyl (C=O) groups excluding carboxylic acids is 6. The maximum absolute atomic E-state index is 13.9. The summed E-state index contributed by atoms with van der Waals surface area (Å²) >= 11 is 0. The Morgan fingerprint density at radius 3 is 2.04 bits per heavy atom. The van der Waals surface area contributed by atoms with E-state index >= 15 is 0 Å². The van der Waals surface area contributed by atoms with Crippen LogP contribution < -0.4 is 21.3 Å². The van der Waals surface area contributed by atoms with Crippen molar-refractivity contribution in [3.63, 3.8) is 0 Å². The fourth-order valence-corrected chi connectivity index (χ4v) is 5.87. The molecule has 1 fully saturated rings. The summed E-state index contributed by atoms with van der Waals surface area (Å²) in [5, 5.41) is 11.1. The number of hydrogen-bond acceptors (Lipinski definition) is 7. The Morgan fingerprint density at radius 2 is 1.48 bits per heavy atom. The smallest absolute Gasteiger partial charge is 0.290 e. The van der Waals surface area contributed by atoms with E-state index in [-0.39, 0.29) is 18.2 Å². The molecule has 2 unspecified atom stereocenters. The number of Topliss-reactive ketones (excluding diaryl/α,β-unsaturated/α-hetero) is 1. The van der Waals surface area contributed by atoms with Crippen LogP contribution in [-0.4, -0.2) is 97.0 Å². The highest BCUT2D eigenvalue weighted by molar-refractivity contribution is 6.38. The van der Waals surface area contributed by atoms with Gasteiger partial charge in [-0.15, -0.1) is 0 Å². The van der Waals surface area contributed by atoms with Gasteiger partial charge in [0.1, 0.15) is 12.1 Å². The van der Waals surface area contributed by atoms with E-state index in [4.69, 9.17) is 0 Å². The summed E-state index contributed by atoms with van der Waals surface area (Å²) in [7, 11) is 3.14. The number of amides is 5. The molecule has 0 aliphatic carbocycles. The minimum Gasteiger partial charge on any atom is -0.347 e. The molecule has 5 amide bonds. The van der Waals surface area contributed by atoms with Gasteiger partial charge in [0.25, 0.3) is 5.91 Å². The van der Waals surface area contributed by atoms with Gasteiger partial charge in [0.05, 0.1) is 18.6 Å². The summed E-state index contributed by atoms with van der Waals surface area (Å²) < 4.78 is 0. The van der Waals surface area contributed by atoms with Gasteiger partial charge in [0, 0.05) is 20.6 Å². The Labute approximate surface area is 309 Å². The largest absolute Gasteiger partial charge is 0.347 e. The maximum Gasteiger partial charge on any atom is 0.290 e. The molecule has 286 valence electrons. The van der Waals surface area contributed by atoms with Crippen LogP contribution >= 0.6 is 0 Å². The molecule has 1 saturated heterocycles. The Morgan fingerprint density at radius 1 is 0.885 bits per heavy atom. The van der Waals surface area contributed by atoms with E-state index in [0.29, 0.717) is 37.9 Å². The van der Waals surface area contributed by atoms with Crippen LogP contribution in [0.1, 0.15) is 90.8 Å². The highest BCUT2D eigenvalue weighted by Crippen LogP contribution is 2.26. The molecule has 0 saturated carbocycles. The third-order valence-electron chi connectivity index (χ3n) is 8.53. The summed E-state index contributed by atoms with van der Waals surface area (Å²) in [6, 6.07) is 15.2. The van der Waals surface area contributed by atoms with Gasteiger partial charge in [-0.3, -0.25) is 28.8 Å². The minimum absolute atomic E-state index is 0.179. The van der Waals surface area contributed by atoms with Gasteiger partial charge < -0.3 is 31.1 Å². The zero-order valence-electron chi connectivity index (χ0n) is 32.3. The molecule has 4 N–H and O–H groups in total. The molecule has 0 aromatic heterocycles. The van der Waals surface area contributed by atoms with E-state index in [1.54, 1.807) is 49.3 Å². The lowest BCUT2D eigenvalue weighted by atomic mass is 9.85. The zero-order valence-corrected chi connectivity index (χ0v) is 32.3. The van der Waals surface area contributed by atoms with Gasteiger partial charge in [-0.05, 0) is 48.8 Å². The fraction of sp³-hybridized carbons (Fsp3) is 0.550. The number of nitrogens with zero attached hydrogens (tertiary/aromatic N) is 2. The first-order valence-electron chi connectivity index (χ1n) is 18.4. The summed E-state index contributed by atoms with van der Waals surface area (Å²) in [6.45, 7) is 12.5. The van der Waals surface area contributed by atoms with Gasteiger partial charge in [-0.25, -0.2) is 0 Å². The minimum atomic E-state index is -1.13. The van der Waals surface area contributed by atoms with Crippen molar-refractivity contribution in [2.75, 3.05) is 33.7 Å². The van der Waals surface area contributed by atoms with E-state index in [1.807, 2.05) is 58.0 Å². The Kier molecular flexibility index (Phi) is 18.2. The Balaban J connectivity index is 0.00000301. The molecule has 3 rings (SSSR count). The van der Waals surface area contributed by atoms with Crippen LogP contribution in [0.4, 0.5) is 0 Å². The first-order chi connectivity index (χ1) is 24.7. The molecule has 12 heteroatoms. The van der Waals surface area contributed by atoms with Crippen molar-refractivity contribution in [2.45, 2.75) is 104 Å². The molecule has 52 heavy (non-hydrogen) atoms. The second kappa shape index (κ2) is 21.7. The van der Waals surface area contributed by atoms with Crippen LogP contribution in [-0.2, 0) is 35.2 Å². The normalized spacial score (nSPS) is 15.6. The highest BCUT2D eigenvalue weighted by atomic mass is 16.2. The summed E-state index contributed by atoms with van der Waals surface area (Å²) in [4.78, 5) is 82.0.